The number of hydrogen-bond donors (Lipinski definition) is 1. The fourth-order valence-electron chi connectivity index (χ4n) is 1.14. The number of rotatable bonds is 3. The van der Waals surface area contributed by atoms with Crippen molar-refractivity contribution >= 4 is 11.8 Å². The summed E-state index contributed by atoms with van der Waals surface area (Å²) in [6.07, 6.45) is 1.75. The zero-order valence-electron chi connectivity index (χ0n) is 9.04. The van der Waals surface area contributed by atoms with Gasteiger partial charge in [-0.3, -0.25) is 4.98 Å². The van der Waals surface area contributed by atoms with Gasteiger partial charge in [0.1, 0.15) is 0 Å². The fraction of sp³-hybridized carbons (Fsp3) is 0.300. The van der Waals surface area contributed by atoms with Crippen LogP contribution in [0.1, 0.15) is 24.6 Å². The molecule has 5 nitrogen and oxygen atoms in total. The molecule has 2 rings (SSSR count). The van der Waals surface area contributed by atoms with E-state index in [9.17, 15) is 0 Å². The molecule has 0 aromatic carbocycles. The van der Waals surface area contributed by atoms with Crippen molar-refractivity contribution in [2.24, 2.45) is 5.73 Å². The maximum atomic E-state index is 5.71. The van der Waals surface area contributed by atoms with Crippen LogP contribution in [0.15, 0.2) is 32.9 Å². The van der Waals surface area contributed by atoms with Crippen LogP contribution in [0.25, 0.3) is 0 Å². The number of aromatic nitrogens is 3. The third kappa shape index (κ3) is 2.59. The SMILES string of the molecule is Cc1nnc(Sc2ccc(C(C)N)nc2)o1. The normalized spacial score (nSPS) is 12.7. The Balaban J connectivity index is 2.11. The zero-order chi connectivity index (χ0) is 11.5. The van der Waals surface area contributed by atoms with Crippen molar-refractivity contribution < 1.29 is 4.42 Å². The Morgan fingerprint density at radius 1 is 1.38 bits per heavy atom. The van der Waals surface area contributed by atoms with Crippen molar-refractivity contribution in [1.29, 1.82) is 0 Å². The summed E-state index contributed by atoms with van der Waals surface area (Å²) in [6.45, 7) is 3.66. The minimum absolute atomic E-state index is 0.0512. The van der Waals surface area contributed by atoms with E-state index in [2.05, 4.69) is 15.2 Å². The number of aryl methyl sites for hydroxylation is 1. The standard InChI is InChI=1S/C10H12N4OS/c1-6(11)9-4-3-8(5-12-9)16-10-14-13-7(2)15-10/h3-6H,11H2,1-2H3. The highest BCUT2D eigenvalue weighted by Gasteiger charge is 2.06. The molecule has 0 saturated heterocycles. The van der Waals surface area contributed by atoms with Gasteiger partial charge in [-0.25, -0.2) is 0 Å². The molecule has 0 spiro atoms. The van der Waals surface area contributed by atoms with E-state index in [4.69, 9.17) is 10.2 Å². The van der Waals surface area contributed by atoms with E-state index in [0.717, 1.165) is 10.6 Å². The van der Waals surface area contributed by atoms with E-state index in [1.165, 1.54) is 11.8 Å². The Labute approximate surface area is 97.5 Å². The Morgan fingerprint density at radius 3 is 2.69 bits per heavy atom. The van der Waals surface area contributed by atoms with Crippen LogP contribution in [0.3, 0.4) is 0 Å². The summed E-state index contributed by atoms with van der Waals surface area (Å²) in [6, 6.07) is 3.79. The van der Waals surface area contributed by atoms with E-state index in [0.29, 0.717) is 11.1 Å². The molecule has 2 N–H and O–H groups in total. The topological polar surface area (TPSA) is 77.8 Å². The monoisotopic (exact) mass is 236 g/mol. The third-order valence-electron chi connectivity index (χ3n) is 1.94. The predicted octanol–water partition coefficient (Wildman–Crippen LogP) is 1.94. The minimum Gasteiger partial charge on any atom is -0.416 e. The summed E-state index contributed by atoms with van der Waals surface area (Å²) in [5, 5.41) is 8.16. The highest BCUT2D eigenvalue weighted by Crippen LogP contribution is 2.25. The number of hydrogen-bond acceptors (Lipinski definition) is 6. The number of nitrogens with two attached hydrogens (primary N) is 1. The van der Waals surface area contributed by atoms with Gasteiger partial charge in [-0.05, 0) is 30.8 Å². The lowest BCUT2D eigenvalue weighted by atomic mass is 10.2. The number of pyridine rings is 1. The van der Waals surface area contributed by atoms with Crippen molar-refractivity contribution in [2.45, 2.75) is 30.0 Å². The summed E-state index contributed by atoms with van der Waals surface area (Å²) >= 11 is 1.39. The van der Waals surface area contributed by atoms with Crippen molar-refractivity contribution in [3.05, 3.63) is 29.9 Å². The first-order valence-corrected chi connectivity index (χ1v) is 5.66. The van der Waals surface area contributed by atoms with Crippen molar-refractivity contribution in [1.82, 2.24) is 15.2 Å². The van der Waals surface area contributed by atoms with Crippen LogP contribution in [0.4, 0.5) is 0 Å². The van der Waals surface area contributed by atoms with Gasteiger partial charge in [-0.15, -0.1) is 10.2 Å². The molecule has 0 saturated carbocycles. The molecule has 2 heterocycles. The molecule has 0 radical (unpaired) electrons. The molecule has 1 atom stereocenters. The van der Waals surface area contributed by atoms with Gasteiger partial charge in [0.15, 0.2) is 0 Å². The quantitative estimate of drug-likeness (QED) is 0.877. The lowest BCUT2D eigenvalue weighted by molar-refractivity contribution is 0.429. The fourth-order valence-corrected chi connectivity index (χ4v) is 1.83. The van der Waals surface area contributed by atoms with Gasteiger partial charge < -0.3 is 10.2 Å². The highest BCUT2D eigenvalue weighted by atomic mass is 32.2. The largest absolute Gasteiger partial charge is 0.416 e. The molecule has 16 heavy (non-hydrogen) atoms. The minimum atomic E-state index is -0.0512. The molecule has 0 aliphatic heterocycles. The zero-order valence-corrected chi connectivity index (χ0v) is 9.86. The van der Waals surface area contributed by atoms with Crippen LogP contribution in [-0.4, -0.2) is 15.2 Å². The molecule has 2 aromatic heterocycles. The second kappa shape index (κ2) is 4.63. The van der Waals surface area contributed by atoms with E-state index >= 15 is 0 Å². The maximum absolute atomic E-state index is 5.71. The van der Waals surface area contributed by atoms with E-state index in [1.54, 1.807) is 13.1 Å². The molecule has 1 unspecified atom stereocenters. The molecule has 6 heteroatoms. The van der Waals surface area contributed by atoms with Crippen molar-refractivity contribution in [2.75, 3.05) is 0 Å². The Morgan fingerprint density at radius 2 is 2.19 bits per heavy atom. The average Bonchev–Trinajstić information content (AvgIpc) is 2.65. The van der Waals surface area contributed by atoms with E-state index in [1.807, 2.05) is 19.1 Å². The third-order valence-corrected chi connectivity index (χ3v) is 2.76. The number of nitrogens with zero attached hydrogens (tertiary/aromatic N) is 3. The summed E-state index contributed by atoms with van der Waals surface area (Å²) in [7, 11) is 0. The summed E-state index contributed by atoms with van der Waals surface area (Å²) < 4.78 is 5.25. The van der Waals surface area contributed by atoms with Crippen LogP contribution in [0.2, 0.25) is 0 Å². The van der Waals surface area contributed by atoms with Gasteiger partial charge >= 0.3 is 0 Å². The van der Waals surface area contributed by atoms with Crippen LogP contribution in [0.5, 0.6) is 0 Å². The molecule has 0 fully saturated rings. The van der Waals surface area contributed by atoms with E-state index in [-0.39, 0.29) is 6.04 Å². The first-order valence-electron chi connectivity index (χ1n) is 4.84. The maximum Gasteiger partial charge on any atom is 0.281 e. The van der Waals surface area contributed by atoms with Crippen molar-refractivity contribution in [3.63, 3.8) is 0 Å². The molecule has 0 amide bonds. The summed E-state index contributed by atoms with van der Waals surface area (Å²) in [4.78, 5) is 5.20. The predicted molar refractivity (Wildman–Crippen MR) is 60.0 cm³/mol. The second-order valence-corrected chi connectivity index (χ2v) is 4.42. The Kier molecular flexibility index (Phi) is 3.21. The summed E-state index contributed by atoms with van der Waals surface area (Å²) in [5.41, 5.74) is 6.58. The smallest absolute Gasteiger partial charge is 0.281 e. The second-order valence-electron chi connectivity index (χ2n) is 3.40. The molecular formula is C10H12N4OS. The molecule has 0 aliphatic rings. The van der Waals surface area contributed by atoms with Crippen LogP contribution >= 0.6 is 11.8 Å². The molecule has 84 valence electrons. The first-order chi connectivity index (χ1) is 7.65. The van der Waals surface area contributed by atoms with Crippen LogP contribution < -0.4 is 5.73 Å². The van der Waals surface area contributed by atoms with Gasteiger partial charge in [0.2, 0.25) is 5.89 Å². The van der Waals surface area contributed by atoms with Gasteiger partial charge in [0.05, 0.1) is 5.69 Å². The van der Waals surface area contributed by atoms with Crippen LogP contribution in [-0.2, 0) is 0 Å². The van der Waals surface area contributed by atoms with Crippen LogP contribution in [0, 0.1) is 6.92 Å². The lowest BCUT2D eigenvalue weighted by Gasteiger charge is -2.04. The molecular weight excluding hydrogens is 224 g/mol. The van der Waals surface area contributed by atoms with Gasteiger partial charge in [0, 0.05) is 24.1 Å². The van der Waals surface area contributed by atoms with E-state index < -0.39 is 0 Å². The lowest BCUT2D eigenvalue weighted by Crippen LogP contribution is -2.06. The molecule has 2 aromatic rings. The molecule has 0 bridgehead atoms. The Bertz CT molecular complexity index is 466. The Hall–Kier alpha value is -1.40. The highest BCUT2D eigenvalue weighted by molar-refractivity contribution is 7.99. The molecule has 0 aliphatic carbocycles. The van der Waals surface area contributed by atoms with Gasteiger partial charge in [-0.1, -0.05) is 0 Å². The van der Waals surface area contributed by atoms with Gasteiger partial charge in [0.25, 0.3) is 5.22 Å². The first kappa shape index (κ1) is 11.1. The van der Waals surface area contributed by atoms with Crippen molar-refractivity contribution in [3.8, 4) is 0 Å². The van der Waals surface area contributed by atoms with Gasteiger partial charge in [-0.2, -0.15) is 0 Å². The average molecular weight is 236 g/mol. The summed E-state index contributed by atoms with van der Waals surface area (Å²) in [5.74, 6) is 0.558.